The van der Waals surface area contributed by atoms with Crippen molar-refractivity contribution in [2.45, 2.75) is 25.0 Å². The summed E-state index contributed by atoms with van der Waals surface area (Å²) in [7, 11) is 0. The van der Waals surface area contributed by atoms with Crippen LogP contribution in [0.15, 0.2) is 208 Å². The first kappa shape index (κ1) is 29.9. The van der Waals surface area contributed by atoms with E-state index in [0.29, 0.717) is 0 Å². The van der Waals surface area contributed by atoms with Crippen molar-refractivity contribution in [3.63, 3.8) is 0 Å². The molecule has 1 unspecified atom stereocenters. The van der Waals surface area contributed by atoms with Crippen LogP contribution in [0.2, 0.25) is 0 Å². The molecule has 1 aromatic heterocycles. The van der Waals surface area contributed by atoms with Crippen LogP contribution in [0.5, 0.6) is 0 Å². The maximum absolute atomic E-state index is 2.46. The van der Waals surface area contributed by atoms with Crippen molar-refractivity contribution in [1.29, 1.82) is 0 Å². The van der Waals surface area contributed by atoms with E-state index in [-0.39, 0.29) is 0 Å². The van der Waals surface area contributed by atoms with E-state index in [1.165, 1.54) is 91.6 Å². The molecule has 0 amide bonds. The maximum atomic E-state index is 2.46. The fourth-order valence-electron chi connectivity index (χ4n) is 8.90. The number of benzene rings is 8. The Morgan fingerprint density at radius 1 is 0.385 bits per heavy atom. The first-order valence-corrected chi connectivity index (χ1v) is 19.4. The van der Waals surface area contributed by atoms with E-state index < -0.39 is 5.41 Å². The third-order valence-electron chi connectivity index (χ3n) is 10.9. The number of hydrogen-bond acceptors (Lipinski definition) is 2. The molecule has 0 fully saturated rings. The van der Waals surface area contributed by atoms with Gasteiger partial charge in [0, 0.05) is 41.6 Å². The average molecular weight is 698 g/mol. The minimum absolute atomic E-state index is 0.531. The summed E-state index contributed by atoms with van der Waals surface area (Å²) in [5.74, 6) is 0. The molecule has 11 rings (SSSR count). The van der Waals surface area contributed by atoms with Gasteiger partial charge < -0.3 is 4.57 Å². The third-order valence-corrected chi connectivity index (χ3v) is 13.3. The van der Waals surface area contributed by atoms with Crippen LogP contribution in [0.4, 0.5) is 0 Å². The van der Waals surface area contributed by atoms with Crippen molar-refractivity contribution in [3.05, 3.63) is 210 Å². The summed E-state index contributed by atoms with van der Waals surface area (Å²) >= 11 is 3.83. The molecule has 9 aromatic rings. The Balaban J connectivity index is 1.29. The number of hydrogen-bond donors (Lipinski definition) is 0. The van der Waals surface area contributed by atoms with Crippen LogP contribution in [0.25, 0.3) is 49.7 Å². The lowest BCUT2D eigenvalue weighted by molar-refractivity contribution is 0.670. The van der Waals surface area contributed by atoms with E-state index in [4.69, 9.17) is 0 Å². The fraction of sp³-hybridized carbons (Fsp3) is 0.0204. The second kappa shape index (κ2) is 11.6. The van der Waals surface area contributed by atoms with Gasteiger partial charge in [-0.3, -0.25) is 0 Å². The van der Waals surface area contributed by atoms with E-state index >= 15 is 0 Å². The maximum Gasteiger partial charge on any atom is 0.0751 e. The summed E-state index contributed by atoms with van der Waals surface area (Å²) in [6.07, 6.45) is 0. The molecule has 52 heavy (non-hydrogen) atoms. The van der Waals surface area contributed by atoms with Crippen molar-refractivity contribution >= 4 is 45.3 Å². The Morgan fingerprint density at radius 3 is 1.75 bits per heavy atom. The monoisotopic (exact) mass is 697 g/mol. The molecular formula is C49H31NS2. The van der Waals surface area contributed by atoms with Crippen molar-refractivity contribution in [2.24, 2.45) is 0 Å². The van der Waals surface area contributed by atoms with Crippen LogP contribution >= 0.6 is 23.5 Å². The number of aromatic nitrogens is 1. The zero-order valence-corrected chi connectivity index (χ0v) is 29.8. The Kier molecular flexibility index (Phi) is 6.70. The summed E-state index contributed by atoms with van der Waals surface area (Å²) in [5, 5.41) is 2.53. The highest BCUT2D eigenvalue weighted by molar-refractivity contribution is 8.00. The molecule has 1 spiro atoms. The van der Waals surface area contributed by atoms with E-state index in [1.807, 2.05) is 23.5 Å². The second-order valence-corrected chi connectivity index (χ2v) is 15.7. The molecule has 0 bridgehead atoms. The van der Waals surface area contributed by atoms with Gasteiger partial charge in [0.1, 0.15) is 0 Å². The lowest BCUT2D eigenvalue weighted by Gasteiger charge is -2.47. The summed E-state index contributed by atoms with van der Waals surface area (Å²) in [4.78, 5) is 5.23. The number of fused-ring (bicyclic) bond motifs is 11. The Labute approximate surface area is 311 Å². The molecule has 244 valence electrons. The molecule has 0 saturated heterocycles. The normalized spacial score (nSPS) is 15.6. The average Bonchev–Trinajstić information content (AvgIpc) is 3.56. The van der Waals surface area contributed by atoms with Crippen LogP contribution in [0.3, 0.4) is 0 Å². The molecule has 3 heteroatoms. The lowest BCUT2D eigenvalue weighted by Crippen LogP contribution is -2.37. The highest BCUT2D eigenvalue weighted by Gasteiger charge is 2.50. The molecular weight excluding hydrogens is 667 g/mol. The van der Waals surface area contributed by atoms with Crippen LogP contribution in [0.1, 0.15) is 22.3 Å². The predicted molar refractivity (Wildman–Crippen MR) is 218 cm³/mol. The summed E-state index contributed by atoms with van der Waals surface area (Å²) in [6, 6.07) is 69.7. The molecule has 1 nitrogen and oxygen atoms in total. The quantitative estimate of drug-likeness (QED) is 0.181. The number of para-hydroxylation sites is 3. The smallest absolute Gasteiger partial charge is 0.0751 e. The second-order valence-electron chi connectivity index (χ2n) is 13.6. The fourth-order valence-corrected chi connectivity index (χ4v) is 11.4. The van der Waals surface area contributed by atoms with Crippen LogP contribution in [-0.4, -0.2) is 4.57 Å². The van der Waals surface area contributed by atoms with Crippen LogP contribution < -0.4 is 0 Å². The number of rotatable bonds is 3. The largest absolute Gasteiger partial charge is 0.309 e. The Morgan fingerprint density at radius 2 is 0.942 bits per heavy atom. The molecule has 0 N–H and O–H groups in total. The van der Waals surface area contributed by atoms with Gasteiger partial charge >= 0.3 is 0 Å². The zero-order chi connectivity index (χ0) is 34.2. The van der Waals surface area contributed by atoms with Gasteiger partial charge in [0.2, 0.25) is 0 Å². The number of nitrogens with zero attached hydrogens (tertiary/aromatic N) is 1. The highest BCUT2D eigenvalue weighted by Crippen LogP contribution is 2.64. The van der Waals surface area contributed by atoms with Crippen LogP contribution in [0, 0.1) is 0 Å². The van der Waals surface area contributed by atoms with Crippen molar-refractivity contribution < 1.29 is 0 Å². The van der Waals surface area contributed by atoms with Gasteiger partial charge in [0.15, 0.2) is 0 Å². The minimum Gasteiger partial charge on any atom is -0.309 e. The molecule has 3 heterocycles. The van der Waals surface area contributed by atoms with Gasteiger partial charge in [0.05, 0.1) is 16.4 Å². The third kappa shape index (κ3) is 4.15. The highest BCUT2D eigenvalue weighted by atomic mass is 32.2. The van der Waals surface area contributed by atoms with Gasteiger partial charge in [-0.25, -0.2) is 0 Å². The summed E-state index contributed by atoms with van der Waals surface area (Å²) in [5.41, 5.74) is 13.5. The molecule has 0 aliphatic carbocycles. The first-order valence-electron chi connectivity index (χ1n) is 17.8. The zero-order valence-electron chi connectivity index (χ0n) is 28.2. The van der Waals surface area contributed by atoms with E-state index in [1.54, 1.807) is 0 Å². The van der Waals surface area contributed by atoms with Gasteiger partial charge in [-0.2, -0.15) is 0 Å². The molecule has 2 aliphatic rings. The summed E-state index contributed by atoms with van der Waals surface area (Å²) in [6.45, 7) is 0. The van der Waals surface area contributed by atoms with Gasteiger partial charge in [-0.1, -0.05) is 175 Å². The standard InChI is InChI=1S/C49H31NS2/c1-3-16-32(17-4-1)34-21-15-31-45-46(34)49(39-25-8-11-29-43(39)51-45)40-26-9-12-30-44(40)52-48-38(24-14-27-41(48)49)37-23-13-22-36-35-20-7-10-28-42(35)50(47(36)37)33-18-5-2-6-19-33/h1-31H. The molecule has 1 atom stereocenters. The molecule has 2 aliphatic heterocycles. The lowest BCUT2D eigenvalue weighted by atomic mass is 9.62. The van der Waals surface area contributed by atoms with Crippen molar-refractivity contribution in [1.82, 2.24) is 4.57 Å². The van der Waals surface area contributed by atoms with Crippen molar-refractivity contribution in [2.75, 3.05) is 0 Å². The van der Waals surface area contributed by atoms with Crippen LogP contribution in [-0.2, 0) is 5.41 Å². The summed E-state index contributed by atoms with van der Waals surface area (Å²) < 4.78 is 2.46. The van der Waals surface area contributed by atoms with Gasteiger partial charge in [-0.15, -0.1) is 0 Å². The predicted octanol–water partition coefficient (Wildman–Crippen LogP) is 13.4. The van der Waals surface area contributed by atoms with E-state index in [2.05, 4.69) is 193 Å². The Hall–Kier alpha value is -5.74. The molecule has 0 radical (unpaired) electrons. The Bertz CT molecular complexity index is 2840. The van der Waals surface area contributed by atoms with Crippen molar-refractivity contribution in [3.8, 4) is 27.9 Å². The molecule has 0 saturated carbocycles. The van der Waals surface area contributed by atoms with Gasteiger partial charge in [-0.05, 0) is 75.3 Å². The minimum atomic E-state index is -0.531. The van der Waals surface area contributed by atoms with E-state index in [0.717, 1.165) is 0 Å². The topological polar surface area (TPSA) is 4.93 Å². The van der Waals surface area contributed by atoms with E-state index in [9.17, 15) is 0 Å². The molecule has 8 aromatic carbocycles. The SMILES string of the molecule is c1ccc(-c2cccc3c2C2(c4ccccc4S3)c3ccccc3Sc3c(-c4cccc5c6ccccc6n(-c6ccccc6)c45)cccc32)cc1. The first-order chi connectivity index (χ1) is 25.8. The van der Waals surface area contributed by atoms with Gasteiger partial charge in [0.25, 0.3) is 0 Å².